The normalized spacial score (nSPS) is 18.2. The summed E-state index contributed by atoms with van der Waals surface area (Å²) >= 11 is 0. The Morgan fingerprint density at radius 1 is 1.47 bits per heavy atom. The van der Waals surface area contributed by atoms with Crippen LogP contribution in [0.25, 0.3) is 0 Å². The minimum Gasteiger partial charge on any atom is -0.481 e. The highest BCUT2D eigenvalue weighted by Crippen LogP contribution is 2.13. The van der Waals surface area contributed by atoms with Gasteiger partial charge in [-0.3, -0.25) is 14.6 Å². The van der Waals surface area contributed by atoms with E-state index in [4.69, 9.17) is 5.11 Å². The Morgan fingerprint density at radius 2 is 2.20 bits per heavy atom. The van der Waals surface area contributed by atoms with Gasteiger partial charge in [-0.05, 0) is 12.8 Å². The number of hydrazine groups is 1. The fraction of sp³-hybridized carbons (Fsp3) is 0.800. The van der Waals surface area contributed by atoms with E-state index in [1.165, 1.54) is 0 Å². The van der Waals surface area contributed by atoms with Crippen molar-refractivity contribution in [1.29, 1.82) is 0 Å². The summed E-state index contributed by atoms with van der Waals surface area (Å²) < 4.78 is 0. The Balaban J connectivity index is 2.51. The van der Waals surface area contributed by atoms with E-state index in [0.29, 0.717) is 13.0 Å². The molecule has 0 aromatic rings. The van der Waals surface area contributed by atoms with Crippen LogP contribution in [0, 0.1) is 0 Å². The average Bonchev–Trinajstić information content (AvgIpc) is 2.17. The summed E-state index contributed by atoms with van der Waals surface area (Å²) in [6.07, 6.45) is 2.41. The van der Waals surface area contributed by atoms with Crippen LogP contribution in [0.2, 0.25) is 0 Å². The quantitative estimate of drug-likeness (QED) is 0.732. The maximum atomic E-state index is 11.6. The molecule has 1 heterocycles. The Hall–Kier alpha value is -1.10. The zero-order valence-corrected chi connectivity index (χ0v) is 9.11. The predicted octanol–water partition coefficient (Wildman–Crippen LogP) is 0.711. The van der Waals surface area contributed by atoms with Crippen molar-refractivity contribution in [1.82, 2.24) is 10.0 Å². The lowest BCUT2D eigenvalue weighted by molar-refractivity contribution is -0.157. The van der Waals surface area contributed by atoms with Crippen LogP contribution in [0.4, 0.5) is 0 Å². The van der Waals surface area contributed by atoms with E-state index >= 15 is 0 Å². The first-order valence-corrected chi connectivity index (χ1v) is 5.42. The monoisotopic (exact) mass is 214 g/mol. The first-order chi connectivity index (χ1) is 7.15. The van der Waals surface area contributed by atoms with E-state index in [9.17, 15) is 9.59 Å². The summed E-state index contributed by atoms with van der Waals surface area (Å²) in [6.45, 7) is 4.03. The van der Waals surface area contributed by atoms with Crippen molar-refractivity contribution >= 4 is 11.9 Å². The molecule has 1 N–H and O–H groups in total. The molecule has 1 aliphatic rings. The Bertz CT molecular complexity index is 241. The van der Waals surface area contributed by atoms with Crippen LogP contribution in [0.5, 0.6) is 0 Å². The molecule has 5 heteroatoms. The van der Waals surface area contributed by atoms with Crippen molar-refractivity contribution in [3.8, 4) is 0 Å². The molecule has 1 amide bonds. The first kappa shape index (κ1) is 12.0. The van der Waals surface area contributed by atoms with Crippen molar-refractivity contribution in [2.24, 2.45) is 0 Å². The molecule has 1 saturated heterocycles. The number of hydrogen-bond donors (Lipinski definition) is 1. The molecule has 0 aliphatic carbocycles. The van der Waals surface area contributed by atoms with Crippen molar-refractivity contribution in [2.45, 2.75) is 32.6 Å². The number of amides is 1. The van der Waals surface area contributed by atoms with Gasteiger partial charge in [-0.1, -0.05) is 6.92 Å². The second kappa shape index (κ2) is 5.70. The minimum absolute atomic E-state index is 0.0198. The molecule has 0 unspecified atom stereocenters. The number of carboxylic acid groups (broad SMARTS) is 1. The zero-order chi connectivity index (χ0) is 11.3. The Labute approximate surface area is 89.6 Å². The topological polar surface area (TPSA) is 60.9 Å². The molecular formula is C10H18N2O3. The van der Waals surface area contributed by atoms with Gasteiger partial charge in [0.05, 0.1) is 6.42 Å². The highest BCUT2D eigenvalue weighted by molar-refractivity contribution is 5.77. The molecule has 0 aromatic carbocycles. The summed E-state index contributed by atoms with van der Waals surface area (Å²) in [5, 5.41) is 12.2. The molecule has 0 radical (unpaired) electrons. The smallest absolute Gasteiger partial charge is 0.305 e. The van der Waals surface area contributed by atoms with E-state index in [-0.39, 0.29) is 12.3 Å². The van der Waals surface area contributed by atoms with Crippen LogP contribution in [0.15, 0.2) is 0 Å². The van der Waals surface area contributed by atoms with Crippen LogP contribution in [0.3, 0.4) is 0 Å². The van der Waals surface area contributed by atoms with E-state index in [1.54, 1.807) is 5.01 Å². The second-order valence-corrected chi connectivity index (χ2v) is 3.72. The van der Waals surface area contributed by atoms with Gasteiger partial charge in [0.2, 0.25) is 5.91 Å². The fourth-order valence-corrected chi connectivity index (χ4v) is 1.78. The Morgan fingerprint density at radius 3 is 2.80 bits per heavy atom. The van der Waals surface area contributed by atoms with Crippen LogP contribution >= 0.6 is 0 Å². The Kier molecular flexibility index (Phi) is 4.55. The SMILES string of the molecule is CCCN1CCCC(=O)N1CCC(=O)O. The second-order valence-electron chi connectivity index (χ2n) is 3.72. The molecule has 0 spiro atoms. The lowest BCUT2D eigenvalue weighted by Gasteiger charge is -2.38. The third-order valence-corrected chi connectivity index (χ3v) is 2.46. The molecule has 0 bridgehead atoms. The molecule has 5 nitrogen and oxygen atoms in total. The van der Waals surface area contributed by atoms with E-state index in [0.717, 1.165) is 25.9 Å². The van der Waals surface area contributed by atoms with Gasteiger partial charge in [0.15, 0.2) is 0 Å². The molecular weight excluding hydrogens is 196 g/mol. The first-order valence-electron chi connectivity index (χ1n) is 5.42. The minimum atomic E-state index is -0.857. The van der Waals surface area contributed by atoms with Gasteiger partial charge in [-0.2, -0.15) is 0 Å². The molecule has 1 fully saturated rings. The highest BCUT2D eigenvalue weighted by atomic mass is 16.4. The maximum Gasteiger partial charge on any atom is 0.305 e. The number of nitrogens with zero attached hydrogens (tertiary/aromatic N) is 2. The number of carbonyl (C=O) groups excluding carboxylic acids is 1. The van der Waals surface area contributed by atoms with Gasteiger partial charge in [0.25, 0.3) is 0 Å². The molecule has 0 atom stereocenters. The molecule has 1 aliphatic heterocycles. The van der Waals surface area contributed by atoms with Gasteiger partial charge in [0.1, 0.15) is 0 Å². The number of carbonyl (C=O) groups is 2. The average molecular weight is 214 g/mol. The van der Waals surface area contributed by atoms with E-state index in [2.05, 4.69) is 6.92 Å². The van der Waals surface area contributed by atoms with Crippen LogP contribution < -0.4 is 0 Å². The molecule has 0 saturated carbocycles. The van der Waals surface area contributed by atoms with E-state index < -0.39 is 5.97 Å². The van der Waals surface area contributed by atoms with Crippen LogP contribution in [0.1, 0.15) is 32.6 Å². The van der Waals surface area contributed by atoms with Crippen LogP contribution in [-0.4, -0.2) is 46.6 Å². The lowest BCUT2D eigenvalue weighted by Crippen LogP contribution is -2.51. The van der Waals surface area contributed by atoms with Crippen LogP contribution in [-0.2, 0) is 9.59 Å². The fourth-order valence-electron chi connectivity index (χ4n) is 1.78. The number of hydrogen-bond acceptors (Lipinski definition) is 3. The van der Waals surface area contributed by atoms with Gasteiger partial charge < -0.3 is 5.11 Å². The summed E-state index contributed by atoms with van der Waals surface area (Å²) in [7, 11) is 0. The van der Waals surface area contributed by atoms with Gasteiger partial charge in [-0.25, -0.2) is 5.01 Å². The standard InChI is InChI=1S/C10H18N2O3/c1-2-6-11-7-3-4-9(13)12(11)8-5-10(14)15/h2-8H2,1H3,(H,14,15). The third kappa shape index (κ3) is 3.51. The highest BCUT2D eigenvalue weighted by Gasteiger charge is 2.25. The largest absolute Gasteiger partial charge is 0.481 e. The van der Waals surface area contributed by atoms with Crippen molar-refractivity contribution in [2.75, 3.05) is 19.6 Å². The van der Waals surface area contributed by atoms with Crippen molar-refractivity contribution in [3.63, 3.8) is 0 Å². The summed E-state index contributed by atoms with van der Waals surface area (Å²) in [5.74, 6) is -0.805. The number of carboxylic acids is 1. The molecule has 1 rings (SSSR count). The number of rotatable bonds is 5. The predicted molar refractivity (Wildman–Crippen MR) is 55.1 cm³/mol. The van der Waals surface area contributed by atoms with Gasteiger partial charge in [0, 0.05) is 26.1 Å². The van der Waals surface area contributed by atoms with E-state index in [1.807, 2.05) is 5.01 Å². The summed E-state index contributed by atoms with van der Waals surface area (Å²) in [4.78, 5) is 22.0. The molecule has 15 heavy (non-hydrogen) atoms. The van der Waals surface area contributed by atoms with Crippen molar-refractivity contribution in [3.05, 3.63) is 0 Å². The maximum absolute atomic E-state index is 11.6. The summed E-state index contributed by atoms with van der Waals surface area (Å²) in [6, 6.07) is 0. The van der Waals surface area contributed by atoms with Gasteiger partial charge >= 0.3 is 5.97 Å². The number of aliphatic carboxylic acids is 1. The third-order valence-electron chi connectivity index (χ3n) is 2.46. The lowest BCUT2D eigenvalue weighted by atomic mass is 10.2. The van der Waals surface area contributed by atoms with Crippen molar-refractivity contribution < 1.29 is 14.7 Å². The zero-order valence-electron chi connectivity index (χ0n) is 9.11. The molecule has 0 aromatic heterocycles. The molecule has 86 valence electrons. The summed E-state index contributed by atoms with van der Waals surface area (Å²) in [5.41, 5.74) is 0. The van der Waals surface area contributed by atoms with Gasteiger partial charge in [-0.15, -0.1) is 0 Å².